The normalized spacial score (nSPS) is 22.6. The molecule has 0 saturated carbocycles. The predicted molar refractivity (Wildman–Crippen MR) is 124 cm³/mol. The summed E-state index contributed by atoms with van der Waals surface area (Å²) in [6.07, 6.45) is -0.371. The number of carbonyl (C=O) groups excluding carboxylic acids is 1. The van der Waals surface area contributed by atoms with Gasteiger partial charge in [-0.1, -0.05) is 90.5 Å². The van der Waals surface area contributed by atoms with Crippen LogP contribution in [0.25, 0.3) is 0 Å². The number of carbonyl (C=O) groups is 1. The van der Waals surface area contributed by atoms with E-state index in [9.17, 15) is 9.90 Å². The van der Waals surface area contributed by atoms with Crippen LogP contribution in [0.1, 0.15) is 28.2 Å². The second kappa shape index (κ2) is 8.64. The molecule has 0 radical (unpaired) electrons. The van der Waals surface area contributed by atoms with Gasteiger partial charge in [-0.3, -0.25) is 4.79 Å². The number of aryl methyl sites for hydroxylation is 1. The monoisotopic (exact) mass is 425 g/mol. The van der Waals surface area contributed by atoms with Crippen LogP contribution in [0, 0.1) is 12.8 Å². The molecule has 0 bridgehead atoms. The van der Waals surface area contributed by atoms with Crippen LogP contribution >= 0.6 is 0 Å². The average molecular weight is 426 g/mol. The number of benzene rings is 3. The van der Waals surface area contributed by atoms with E-state index in [1.807, 2.05) is 59.5 Å². The van der Waals surface area contributed by atoms with E-state index in [1.54, 1.807) is 0 Å². The average Bonchev–Trinajstić information content (AvgIpc) is 3.10. The minimum Gasteiger partial charge on any atom is -0.459 e. The molecule has 3 aromatic carbocycles. The smallest absolute Gasteiger partial charge is 0.289 e. The minimum absolute atomic E-state index is 0.0846. The molecule has 0 aromatic heterocycles. The summed E-state index contributed by atoms with van der Waals surface area (Å²) in [6, 6.07) is 28.5. The summed E-state index contributed by atoms with van der Waals surface area (Å²) >= 11 is 0. The van der Waals surface area contributed by atoms with Crippen LogP contribution in [-0.4, -0.2) is 28.7 Å². The summed E-state index contributed by atoms with van der Waals surface area (Å²) in [5.41, 5.74) is 5.48. The predicted octanol–water partition coefficient (Wildman–Crippen LogP) is 4.58. The molecule has 162 valence electrons. The lowest BCUT2D eigenvalue weighted by Crippen LogP contribution is -2.36. The molecule has 0 unspecified atom stereocenters. The maximum absolute atomic E-state index is 13.2. The zero-order valence-electron chi connectivity index (χ0n) is 18.1. The quantitative estimate of drug-likeness (QED) is 0.651. The molecule has 2 heterocycles. The summed E-state index contributed by atoms with van der Waals surface area (Å²) in [4.78, 5) is 15.1. The molecule has 3 aromatic rings. The van der Waals surface area contributed by atoms with Crippen molar-refractivity contribution in [1.82, 2.24) is 4.90 Å². The molecular formula is C28H27NO3. The molecule has 0 saturated heterocycles. The first-order valence-electron chi connectivity index (χ1n) is 11.1. The molecule has 2 aliphatic rings. The standard InChI is InChI=1S/C28H27NO3/c1-19-9-8-14-22(15-19)25-23(16-20-10-4-2-5-11-20)28(31)32-26-24(25)18-29(27(26)30)17-21-12-6-3-7-13-21/h2-15,23,25,28,31H,16-18H2,1H3/t23-,25-,28+/m0/s1. The van der Waals surface area contributed by atoms with Gasteiger partial charge in [0, 0.05) is 30.5 Å². The maximum Gasteiger partial charge on any atom is 0.289 e. The fourth-order valence-corrected chi connectivity index (χ4v) is 4.98. The SMILES string of the molecule is Cc1cccc([C@@H]2C3=C(O[C@@H](O)[C@H]2Cc2ccccc2)C(=O)N(Cc2ccccc2)C3)c1. The number of hydrogen-bond acceptors (Lipinski definition) is 3. The largest absolute Gasteiger partial charge is 0.459 e. The Morgan fingerprint density at radius 2 is 1.62 bits per heavy atom. The van der Waals surface area contributed by atoms with Crippen molar-refractivity contribution in [3.05, 3.63) is 119 Å². The third-order valence-corrected chi connectivity index (χ3v) is 6.47. The van der Waals surface area contributed by atoms with Gasteiger partial charge in [-0.2, -0.15) is 0 Å². The topological polar surface area (TPSA) is 49.8 Å². The number of amides is 1. The number of rotatable bonds is 5. The van der Waals surface area contributed by atoms with Gasteiger partial charge in [-0.15, -0.1) is 0 Å². The fraction of sp³-hybridized carbons (Fsp3) is 0.250. The van der Waals surface area contributed by atoms with E-state index in [1.165, 1.54) is 0 Å². The molecule has 0 spiro atoms. The number of nitrogens with zero attached hydrogens (tertiary/aromatic N) is 1. The van der Waals surface area contributed by atoms with Crippen LogP contribution in [0.5, 0.6) is 0 Å². The lowest BCUT2D eigenvalue weighted by Gasteiger charge is -2.36. The lowest BCUT2D eigenvalue weighted by atomic mass is 9.75. The third kappa shape index (κ3) is 3.94. The molecule has 0 fully saturated rings. The Kier molecular flexibility index (Phi) is 5.54. The Morgan fingerprint density at radius 3 is 2.31 bits per heavy atom. The number of ether oxygens (including phenoxy) is 1. The van der Waals surface area contributed by atoms with Gasteiger partial charge in [0.15, 0.2) is 5.76 Å². The minimum atomic E-state index is -1.04. The highest BCUT2D eigenvalue weighted by atomic mass is 16.6. The molecule has 2 aliphatic heterocycles. The van der Waals surface area contributed by atoms with Gasteiger partial charge >= 0.3 is 0 Å². The molecular weight excluding hydrogens is 398 g/mol. The highest BCUT2D eigenvalue weighted by Crippen LogP contribution is 2.45. The van der Waals surface area contributed by atoms with Crippen LogP contribution in [0.15, 0.2) is 96.3 Å². The lowest BCUT2D eigenvalue weighted by molar-refractivity contribution is -0.145. The second-order valence-corrected chi connectivity index (χ2v) is 8.75. The Labute approximate surface area is 188 Å². The van der Waals surface area contributed by atoms with Gasteiger partial charge < -0.3 is 14.7 Å². The Hall–Kier alpha value is -3.37. The number of hydrogen-bond donors (Lipinski definition) is 1. The molecule has 5 rings (SSSR count). The van der Waals surface area contributed by atoms with Crippen molar-refractivity contribution in [3.63, 3.8) is 0 Å². The molecule has 4 nitrogen and oxygen atoms in total. The summed E-state index contributed by atoms with van der Waals surface area (Å²) < 4.78 is 5.90. The first-order chi connectivity index (χ1) is 15.6. The summed E-state index contributed by atoms with van der Waals surface area (Å²) in [7, 11) is 0. The molecule has 0 aliphatic carbocycles. The highest BCUT2D eigenvalue weighted by molar-refractivity contribution is 5.95. The van der Waals surface area contributed by atoms with Crippen molar-refractivity contribution < 1.29 is 14.6 Å². The van der Waals surface area contributed by atoms with Crippen LogP contribution in [-0.2, 0) is 22.5 Å². The summed E-state index contributed by atoms with van der Waals surface area (Å²) in [5.74, 6) is -0.0797. The first-order valence-corrected chi connectivity index (χ1v) is 11.1. The highest BCUT2D eigenvalue weighted by Gasteiger charge is 2.46. The van der Waals surface area contributed by atoms with Gasteiger partial charge in [0.05, 0.1) is 0 Å². The molecule has 1 amide bonds. The van der Waals surface area contributed by atoms with Gasteiger partial charge in [-0.05, 0) is 30.0 Å². The van der Waals surface area contributed by atoms with E-state index in [-0.39, 0.29) is 17.7 Å². The van der Waals surface area contributed by atoms with Crippen LogP contribution < -0.4 is 0 Å². The summed E-state index contributed by atoms with van der Waals surface area (Å²) in [6.45, 7) is 3.11. The zero-order valence-corrected chi connectivity index (χ0v) is 18.1. The first kappa shape index (κ1) is 20.5. The Morgan fingerprint density at radius 1 is 0.938 bits per heavy atom. The Bertz CT molecular complexity index is 1140. The number of aliphatic hydroxyl groups is 1. The van der Waals surface area contributed by atoms with Crippen molar-refractivity contribution in [1.29, 1.82) is 0 Å². The van der Waals surface area contributed by atoms with Crippen molar-refractivity contribution in [2.24, 2.45) is 5.92 Å². The van der Waals surface area contributed by atoms with Crippen molar-refractivity contribution in [3.8, 4) is 0 Å². The van der Waals surface area contributed by atoms with E-state index in [0.29, 0.717) is 25.3 Å². The zero-order chi connectivity index (χ0) is 22.1. The van der Waals surface area contributed by atoms with Gasteiger partial charge in [0.2, 0.25) is 6.29 Å². The van der Waals surface area contributed by atoms with Crippen LogP contribution in [0.4, 0.5) is 0 Å². The molecule has 3 atom stereocenters. The maximum atomic E-state index is 13.2. The van der Waals surface area contributed by atoms with E-state index >= 15 is 0 Å². The van der Waals surface area contributed by atoms with Gasteiger partial charge in [0.25, 0.3) is 5.91 Å². The van der Waals surface area contributed by atoms with E-state index in [2.05, 4.69) is 37.3 Å². The van der Waals surface area contributed by atoms with Crippen LogP contribution in [0.3, 0.4) is 0 Å². The van der Waals surface area contributed by atoms with Crippen molar-refractivity contribution >= 4 is 5.91 Å². The van der Waals surface area contributed by atoms with Gasteiger partial charge in [0.1, 0.15) is 0 Å². The van der Waals surface area contributed by atoms with Crippen molar-refractivity contribution in [2.45, 2.75) is 32.1 Å². The van der Waals surface area contributed by atoms with E-state index in [4.69, 9.17) is 4.74 Å². The van der Waals surface area contributed by atoms with E-state index in [0.717, 1.165) is 27.8 Å². The third-order valence-electron chi connectivity index (χ3n) is 6.47. The van der Waals surface area contributed by atoms with E-state index < -0.39 is 6.29 Å². The van der Waals surface area contributed by atoms with Gasteiger partial charge in [-0.25, -0.2) is 0 Å². The second-order valence-electron chi connectivity index (χ2n) is 8.75. The Balaban J connectivity index is 1.51. The molecule has 4 heteroatoms. The van der Waals surface area contributed by atoms with Crippen molar-refractivity contribution in [2.75, 3.05) is 6.54 Å². The molecule has 1 N–H and O–H groups in total. The molecule has 32 heavy (non-hydrogen) atoms. The summed E-state index contributed by atoms with van der Waals surface area (Å²) in [5, 5.41) is 11.0. The van der Waals surface area contributed by atoms with Crippen LogP contribution in [0.2, 0.25) is 0 Å². The fourth-order valence-electron chi connectivity index (χ4n) is 4.98. The number of aliphatic hydroxyl groups excluding tert-OH is 1.